The largest absolute Gasteiger partial charge is 0.325 e. The molecule has 0 saturated heterocycles. The first kappa shape index (κ1) is 20.8. The van der Waals surface area contributed by atoms with Crippen LogP contribution in [0.15, 0.2) is 57.3 Å². The van der Waals surface area contributed by atoms with Crippen molar-refractivity contribution >= 4 is 35.1 Å². The Hall–Kier alpha value is -2.51. The van der Waals surface area contributed by atoms with Crippen molar-refractivity contribution in [2.75, 3.05) is 16.8 Å². The van der Waals surface area contributed by atoms with E-state index in [1.54, 1.807) is 16.3 Å². The van der Waals surface area contributed by atoms with E-state index in [0.29, 0.717) is 5.16 Å². The van der Waals surface area contributed by atoms with Gasteiger partial charge in [-0.2, -0.15) is 0 Å². The maximum Gasteiger partial charge on any atom is 0.272 e. The fourth-order valence-electron chi connectivity index (χ4n) is 3.30. The molecule has 154 valence electrons. The molecule has 0 bridgehead atoms. The first-order chi connectivity index (χ1) is 14.4. The monoisotopic (exact) mass is 437 g/mol. The van der Waals surface area contributed by atoms with Crippen LogP contribution in [0, 0.1) is 20.8 Å². The highest BCUT2D eigenvalue weighted by Crippen LogP contribution is 2.30. The van der Waals surface area contributed by atoms with E-state index in [4.69, 9.17) is 4.98 Å². The zero-order chi connectivity index (χ0) is 21.3. The molecule has 0 spiro atoms. The number of hydrogen-bond acceptors (Lipinski definition) is 5. The van der Waals surface area contributed by atoms with Gasteiger partial charge in [0.25, 0.3) is 5.56 Å². The first-order valence-electron chi connectivity index (χ1n) is 9.78. The number of rotatable bonds is 5. The summed E-state index contributed by atoms with van der Waals surface area (Å²) in [5, 5.41) is 3.53. The molecule has 0 saturated carbocycles. The maximum absolute atomic E-state index is 13.2. The van der Waals surface area contributed by atoms with E-state index in [1.807, 2.05) is 63.2 Å². The number of anilines is 1. The molecular weight excluding hydrogens is 414 g/mol. The molecule has 1 aliphatic heterocycles. The van der Waals surface area contributed by atoms with Crippen LogP contribution in [0.5, 0.6) is 0 Å². The number of hydrogen-bond donors (Lipinski definition) is 1. The molecule has 1 aliphatic rings. The van der Waals surface area contributed by atoms with Gasteiger partial charge in [-0.15, -0.1) is 11.8 Å². The van der Waals surface area contributed by atoms with Crippen LogP contribution in [0.3, 0.4) is 0 Å². The molecule has 0 aliphatic carbocycles. The standard InChI is InChI=1S/C23H23N3O2S2/c1-14-5-8-17(9-6-14)26-22(28)21-18(10-11-29-21)25-23(26)30-13-20(27)24-19-12-15(2)4-7-16(19)3/h4-9,12H,10-11,13H2,1-3H3,(H,24,27). The van der Waals surface area contributed by atoms with E-state index in [2.05, 4.69) is 5.32 Å². The molecule has 2 aromatic carbocycles. The van der Waals surface area contributed by atoms with Crippen LogP contribution in [0.25, 0.3) is 5.69 Å². The summed E-state index contributed by atoms with van der Waals surface area (Å²) < 4.78 is 1.63. The van der Waals surface area contributed by atoms with Gasteiger partial charge in [-0.1, -0.05) is 41.6 Å². The van der Waals surface area contributed by atoms with Gasteiger partial charge in [0.15, 0.2) is 5.16 Å². The van der Waals surface area contributed by atoms with E-state index >= 15 is 0 Å². The van der Waals surface area contributed by atoms with Crippen molar-refractivity contribution in [1.29, 1.82) is 0 Å². The van der Waals surface area contributed by atoms with Crippen molar-refractivity contribution in [2.45, 2.75) is 37.2 Å². The highest BCUT2D eigenvalue weighted by molar-refractivity contribution is 8.00. The Morgan fingerprint density at radius 3 is 2.63 bits per heavy atom. The molecule has 2 heterocycles. The Kier molecular flexibility index (Phi) is 6.01. The number of carbonyl (C=O) groups excluding carboxylic acids is 1. The fraction of sp³-hybridized carbons (Fsp3) is 0.261. The number of amides is 1. The lowest BCUT2D eigenvalue weighted by Gasteiger charge is -2.14. The summed E-state index contributed by atoms with van der Waals surface area (Å²) in [6.07, 6.45) is 0.784. The number of fused-ring (bicyclic) bond motifs is 1. The average molecular weight is 438 g/mol. The quantitative estimate of drug-likeness (QED) is 0.469. The number of nitrogens with one attached hydrogen (secondary N) is 1. The molecule has 0 unspecified atom stereocenters. The van der Waals surface area contributed by atoms with E-state index < -0.39 is 0 Å². The molecule has 1 amide bonds. The molecule has 7 heteroatoms. The third-order valence-corrected chi connectivity index (χ3v) is 7.00. The molecule has 1 aromatic heterocycles. The summed E-state index contributed by atoms with van der Waals surface area (Å²) in [5.74, 6) is 0.929. The maximum atomic E-state index is 13.2. The minimum atomic E-state index is -0.117. The lowest BCUT2D eigenvalue weighted by atomic mass is 10.1. The van der Waals surface area contributed by atoms with E-state index in [9.17, 15) is 9.59 Å². The Morgan fingerprint density at radius 2 is 1.87 bits per heavy atom. The number of nitrogens with zero attached hydrogens (tertiary/aromatic N) is 2. The van der Waals surface area contributed by atoms with Crippen LogP contribution >= 0.6 is 23.5 Å². The molecule has 0 atom stereocenters. The highest BCUT2D eigenvalue weighted by atomic mass is 32.2. The van der Waals surface area contributed by atoms with Crippen molar-refractivity contribution in [3.8, 4) is 5.69 Å². The number of thioether (sulfide) groups is 2. The fourth-order valence-corrected chi connectivity index (χ4v) is 5.15. The SMILES string of the molecule is Cc1ccc(-n2c(SCC(=O)Nc3cc(C)ccc3C)nc3c(c2=O)SCC3)cc1. The summed E-state index contributed by atoms with van der Waals surface area (Å²) in [7, 11) is 0. The molecule has 1 N–H and O–H groups in total. The van der Waals surface area contributed by atoms with Gasteiger partial charge in [0.05, 0.1) is 22.0 Å². The predicted molar refractivity (Wildman–Crippen MR) is 124 cm³/mol. The topological polar surface area (TPSA) is 64.0 Å². The normalized spacial score (nSPS) is 12.6. The van der Waals surface area contributed by atoms with Crippen molar-refractivity contribution in [1.82, 2.24) is 9.55 Å². The van der Waals surface area contributed by atoms with Crippen molar-refractivity contribution in [3.05, 3.63) is 75.2 Å². The van der Waals surface area contributed by atoms with Crippen LogP contribution in [-0.2, 0) is 11.2 Å². The Balaban J connectivity index is 1.61. The number of aromatic nitrogens is 2. The van der Waals surface area contributed by atoms with Crippen molar-refractivity contribution < 1.29 is 4.79 Å². The Labute approximate surface area is 184 Å². The van der Waals surface area contributed by atoms with Crippen LogP contribution in [0.1, 0.15) is 22.4 Å². The lowest BCUT2D eigenvalue weighted by Crippen LogP contribution is -2.24. The molecule has 0 fully saturated rings. The van der Waals surface area contributed by atoms with Gasteiger partial charge in [0, 0.05) is 17.9 Å². The minimum Gasteiger partial charge on any atom is -0.325 e. The predicted octanol–water partition coefficient (Wildman–Crippen LogP) is 4.54. The molecule has 4 rings (SSSR count). The highest BCUT2D eigenvalue weighted by Gasteiger charge is 2.23. The third kappa shape index (κ3) is 4.32. The Morgan fingerprint density at radius 1 is 1.13 bits per heavy atom. The summed E-state index contributed by atoms with van der Waals surface area (Å²) in [4.78, 5) is 31.3. The van der Waals surface area contributed by atoms with Crippen LogP contribution in [-0.4, -0.2) is 27.0 Å². The summed E-state index contributed by atoms with van der Waals surface area (Å²) in [6, 6.07) is 13.8. The van der Waals surface area contributed by atoms with Gasteiger partial charge in [0.2, 0.25) is 5.91 Å². The van der Waals surface area contributed by atoms with E-state index in [-0.39, 0.29) is 17.2 Å². The summed E-state index contributed by atoms with van der Waals surface area (Å²) in [5.41, 5.74) is 5.60. The summed E-state index contributed by atoms with van der Waals surface area (Å²) in [6.45, 7) is 5.98. The second kappa shape index (κ2) is 8.70. The first-order valence-corrected chi connectivity index (χ1v) is 11.7. The number of carbonyl (C=O) groups is 1. The summed E-state index contributed by atoms with van der Waals surface area (Å²) >= 11 is 2.85. The zero-order valence-electron chi connectivity index (χ0n) is 17.2. The van der Waals surface area contributed by atoms with Gasteiger partial charge >= 0.3 is 0 Å². The lowest BCUT2D eigenvalue weighted by molar-refractivity contribution is -0.113. The average Bonchev–Trinajstić information content (AvgIpc) is 3.19. The van der Waals surface area contributed by atoms with Crippen LogP contribution in [0.4, 0.5) is 5.69 Å². The molecule has 30 heavy (non-hydrogen) atoms. The van der Waals surface area contributed by atoms with Crippen molar-refractivity contribution in [3.63, 3.8) is 0 Å². The minimum absolute atomic E-state index is 0.0520. The van der Waals surface area contributed by atoms with Gasteiger partial charge in [-0.05, 0) is 50.1 Å². The van der Waals surface area contributed by atoms with Gasteiger partial charge in [-0.3, -0.25) is 14.2 Å². The van der Waals surface area contributed by atoms with Gasteiger partial charge in [-0.25, -0.2) is 4.98 Å². The molecule has 5 nitrogen and oxygen atoms in total. The molecular formula is C23H23N3O2S2. The van der Waals surface area contributed by atoms with Crippen LogP contribution in [0.2, 0.25) is 0 Å². The third-order valence-electron chi connectivity index (χ3n) is 4.96. The van der Waals surface area contributed by atoms with Crippen molar-refractivity contribution in [2.24, 2.45) is 0 Å². The molecule has 3 aromatic rings. The van der Waals surface area contributed by atoms with E-state index in [1.165, 1.54) is 11.8 Å². The van der Waals surface area contributed by atoms with E-state index in [0.717, 1.165) is 50.8 Å². The smallest absolute Gasteiger partial charge is 0.272 e. The van der Waals surface area contributed by atoms with Gasteiger partial charge in [0.1, 0.15) is 0 Å². The molecule has 0 radical (unpaired) electrons. The van der Waals surface area contributed by atoms with Gasteiger partial charge < -0.3 is 5.32 Å². The number of benzene rings is 2. The Bertz CT molecular complexity index is 1170. The number of aryl methyl sites for hydroxylation is 4. The zero-order valence-corrected chi connectivity index (χ0v) is 18.8. The second-order valence-corrected chi connectivity index (χ2v) is 9.45. The van der Waals surface area contributed by atoms with Crippen LogP contribution < -0.4 is 10.9 Å². The second-order valence-electron chi connectivity index (χ2n) is 7.40.